The van der Waals surface area contributed by atoms with Gasteiger partial charge in [-0.3, -0.25) is 4.98 Å². The summed E-state index contributed by atoms with van der Waals surface area (Å²) in [5.41, 5.74) is 2.67. The zero-order chi connectivity index (χ0) is 9.26. The molecule has 0 fully saturated rings. The SMILES string of the molecule is C=Cc1ccc2nc(Cl)cnc2c1. The third kappa shape index (κ3) is 1.53. The fourth-order valence-corrected chi connectivity index (χ4v) is 1.27. The number of halogens is 1. The molecule has 0 saturated heterocycles. The summed E-state index contributed by atoms with van der Waals surface area (Å²) in [6, 6.07) is 5.73. The van der Waals surface area contributed by atoms with Crippen molar-refractivity contribution in [3.8, 4) is 0 Å². The number of aromatic nitrogens is 2. The van der Waals surface area contributed by atoms with Crippen molar-refractivity contribution >= 4 is 28.7 Å². The fourth-order valence-electron chi connectivity index (χ4n) is 1.13. The molecule has 2 rings (SSSR count). The summed E-state index contributed by atoms with van der Waals surface area (Å²) in [6.07, 6.45) is 3.31. The van der Waals surface area contributed by atoms with Crippen LogP contribution in [0.25, 0.3) is 17.1 Å². The first-order chi connectivity index (χ1) is 6.29. The molecule has 0 aliphatic rings. The van der Waals surface area contributed by atoms with Gasteiger partial charge in [0, 0.05) is 0 Å². The van der Waals surface area contributed by atoms with Crippen LogP contribution in [0.5, 0.6) is 0 Å². The van der Waals surface area contributed by atoms with Gasteiger partial charge in [-0.1, -0.05) is 30.3 Å². The molecule has 0 saturated carbocycles. The van der Waals surface area contributed by atoms with E-state index < -0.39 is 0 Å². The second-order valence-corrected chi connectivity index (χ2v) is 3.03. The zero-order valence-corrected chi connectivity index (χ0v) is 7.62. The van der Waals surface area contributed by atoms with Gasteiger partial charge >= 0.3 is 0 Å². The summed E-state index contributed by atoms with van der Waals surface area (Å²) in [5, 5.41) is 0.416. The van der Waals surface area contributed by atoms with Crippen molar-refractivity contribution in [2.75, 3.05) is 0 Å². The van der Waals surface area contributed by atoms with E-state index in [9.17, 15) is 0 Å². The molecule has 1 aromatic carbocycles. The lowest BCUT2D eigenvalue weighted by atomic mass is 10.2. The van der Waals surface area contributed by atoms with Crippen LogP contribution in [0.15, 0.2) is 31.0 Å². The minimum Gasteiger partial charge on any atom is -0.251 e. The van der Waals surface area contributed by atoms with Gasteiger partial charge in [0.05, 0.1) is 17.2 Å². The minimum atomic E-state index is 0.416. The molecule has 2 aromatic rings. The topological polar surface area (TPSA) is 25.8 Å². The Hall–Kier alpha value is -1.41. The van der Waals surface area contributed by atoms with Crippen LogP contribution < -0.4 is 0 Å². The minimum absolute atomic E-state index is 0.416. The molecule has 1 aromatic heterocycles. The molecule has 1 heterocycles. The quantitative estimate of drug-likeness (QED) is 0.691. The number of hydrogen-bond donors (Lipinski definition) is 0. The van der Waals surface area contributed by atoms with Crippen LogP contribution in [0.4, 0.5) is 0 Å². The lowest BCUT2D eigenvalue weighted by molar-refractivity contribution is 1.29. The first-order valence-corrected chi connectivity index (χ1v) is 4.22. The summed E-state index contributed by atoms with van der Waals surface area (Å²) in [5.74, 6) is 0. The Labute approximate surface area is 80.9 Å². The second kappa shape index (κ2) is 3.15. The average Bonchev–Trinajstić information content (AvgIpc) is 2.17. The highest BCUT2D eigenvalue weighted by atomic mass is 35.5. The molecule has 0 bridgehead atoms. The van der Waals surface area contributed by atoms with Crippen LogP contribution in [0.2, 0.25) is 5.15 Å². The molecular formula is C10H7ClN2. The Morgan fingerprint density at radius 2 is 2.15 bits per heavy atom. The van der Waals surface area contributed by atoms with Crippen molar-refractivity contribution < 1.29 is 0 Å². The van der Waals surface area contributed by atoms with Gasteiger partial charge in [-0.2, -0.15) is 0 Å². The molecule has 64 valence electrons. The zero-order valence-electron chi connectivity index (χ0n) is 6.87. The molecule has 0 aliphatic carbocycles. The highest BCUT2D eigenvalue weighted by Gasteiger charge is 1.97. The molecule has 13 heavy (non-hydrogen) atoms. The van der Waals surface area contributed by atoms with Crippen molar-refractivity contribution in [2.45, 2.75) is 0 Å². The monoisotopic (exact) mass is 190 g/mol. The van der Waals surface area contributed by atoms with Crippen LogP contribution in [0.3, 0.4) is 0 Å². The number of fused-ring (bicyclic) bond motifs is 1. The lowest BCUT2D eigenvalue weighted by Gasteiger charge is -1.97. The average molecular weight is 191 g/mol. The third-order valence-corrected chi connectivity index (χ3v) is 1.95. The van der Waals surface area contributed by atoms with Crippen LogP contribution in [0.1, 0.15) is 5.56 Å². The smallest absolute Gasteiger partial charge is 0.148 e. The molecule has 0 unspecified atom stereocenters. The first-order valence-electron chi connectivity index (χ1n) is 3.84. The van der Waals surface area contributed by atoms with Crippen molar-refractivity contribution in [2.24, 2.45) is 0 Å². The maximum absolute atomic E-state index is 5.70. The van der Waals surface area contributed by atoms with Gasteiger partial charge in [-0.05, 0) is 17.7 Å². The number of rotatable bonds is 1. The fraction of sp³-hybridized carbons (Fsp3) is 0. The Morgan fingerprint density at radius 3 is 2.92 bits per heavy atom. The van der Waals surface area contributed by atoms with Crippen LogP contribution >= 0.6 is 11.6 Å². The normalized spacial score (nSPS) is 10.2. The molecule has 0 aliphatic heterocycles. The first kappa shape index (κ1) is 8.20. The summed E-state index contributed by atoms with van der Waals surface area (Å²) < 4.78 is 0. The molecule has 0 amide bonds. The molecule has 0 atom stereocenters. The molecule has 0 spiro atoms. The second-order valence-electron chi connectivity index (χ2n) is 2.65. The van der Waals surface area contributed by atoms with E-state index >= 15 is 0 Å². The van der Waals surface area contributed by atoms with E-state index in [1.165, 1.54) is 6.20 Å². The summed E-state index contributed by atoms with van der Waals surface area (Å²) in [7, 11) is 0. The van der Waals surface area contributed by atoms with E-state index in [0.717, 1.165) is 16.6 Å². The molecule has 3 heteroatoms. The highest BCUT2D eigenvalue weighted by molar-refractivity contribution is 6.29. The molecule has 0 N–H and O–H groups in total. The predicted octanol–water partition coefficient (Wildman–Crippen LogP) is 2.93. The van der Waals surface area contributed by atoms with Gasteiger partial charge in [0.2, 0.25) is 0 Å². The largest absolute Gasteiger partial charge is 0.251 e. The Morgan fingerprint density at radius 1 is 1.31 bits per heavy atom. The third-order valence-electron chi connectivity index (χ3n) is 1.77. The number of benzene rings is 1. The number of hydrogen-bond acceptors (Lipinski definition) is 2. The van der Waals surface area contributed by atoms with Gasteiger partial charge in [0.1, 0.15) is 5.15 Å². The van der Waals surface area contributed by atoms with E-state index in [1.54, 1.807) is 6.08 Å². The van der Waals surface area contributed by atoms with Gasteiger partial charge in [0.15, 0.2) is 0 Å². The van der Waals surface area contributed by atoms with E-state index in [4.69, 9.17) is 11.6 Å². The maximum atomic E-state index is 5.70. The van der Waals surface area contributed by atoms with Crippen molar-refractivity contribution in [1.29, 1.82) is 0 Å². The van der Waals surface area contributed by atoms with Crippen molar-refractivity contribution in [1.82, 2.24) is 9.97 Å². The van der Waals surface area contributed by atoms with E-state index in [0.29, 0.717) is 5.15 Å². The highest BCUT2D eigenvalue weighted by Crippen LogP contribution is 2.14. The van der Waals surface area contributed by atoms with Crippen molar-refractivity contribution in [3.63, 3.8) is 0 Å². The Bertz CT molecular complexity index is 465. The van der Waals surface area contributed by atoms with Gasteiger partial charge in [0.25, 0.3) is 0 Å². The van der Waals surface area contributed by atoms with Crippen LogP contribution in [-0.2, 0) is 0 Å². The van der Waals surface area contributed by atoms with E-state index in [1.807, 2.05) is 18.2 Å². The van der Waals surface area contributed by atoms with Gasteiger partial charge in [-0.15, -0.1) is 0 Å². The van der Waals surface area contributed by atoms with Gasteiger partial charge < -0.3 is 0 Å². The van der Waals surface area contributed by atoms with E-state index in [-0.39, 0.29) is 0 Å². The van der Waals surface area contributed by atoms with Crippen LogP contribution in [0, 0.1) is 0 Å². The Balaban J connectivity index is 2.73. The summed E-state index contributed by atoms with van der Waals surface area (Å²) in [4.78, 5) is 8.27. The lowest BCUT2D eigenvalue weighted by Crippen LogP contribution is -1.84. The van der Waals surface area contributed by atoms with Gasteiger partial charge in [-0.25, -0.2) is 4.98 Å². The Kier molecular flexibility index (Phi) is 1.99. The number of nitrogens with zero attached hydrogens (tertiary/aromatic N) is 2. The summed E-state index contributed by atoms with van der Waals surface area (Å²) in [6.45, 7) is 3.68. The standard InChI is InChI=1S/C10H7ClN2/c1-2-7-3-4-8-9(5-7)12-6-10(11)13-8/h2-6H,1H2. The molecule has 2 nitrogen and oxygen atoms in total. The maximum Gasteiger partial charge on any atom is 0.148 e. The molecule has 0 radical (unpaired) electrons. The molecular weight excluding hydrogens is 184 g/mol. The predicted molar refractivity (Wildman–Crippen MR) is 54.6 cm³/mol. The van der Waals surface area contributed by atoms with Crippen LogP contribution in [-0.4, -0.2) is 9.97 Å². The summed E-state index contributed by atoms with van der Waals surface area (Å²) >= 11 is 5.70. The van der Waals surface area contributed by atoms with E-state index in [2.05, 4.69) is 16.5 Å². The van der Waals surface area contributed by atoms with Crippen molar-refractivity contribution in [3.05, 3.63) is 41.7 Å².